The van der Waals surface area contributed by atoms with Gasteiger partial charge in [-0.05, 0) is 86.4 Å². The molecule has 0 bridgehead atoms. The SMILES string of the molecule is CC(CCC(=O)C(C)C1C(=O)CC2C3CC=C4CC(OC5OC(CO)C(OC6OC(C)C(O)C(O)C6O)C(O)C5OC5OC(O)C(O)C(O)C5O)CCC4(C)C3CCC21C)COC1OC(CO)C(O)C(O)C1O. The molecule has 0 aromatic heterocycles. The van der Waals surface area contributed by atoms with Gasteiger partial charge in [-0.2, -0.15) is 0 Å². The molecule has 4 saturated heterocycles. The Hall–Kier alpha value is -1.76. The van der Waals surface area contributed by atoms with Crippen molar-refractivity contribution in [1.82, 2.24) is 0 Å². The predicted octanol–water partition coefficient (Wildman–Crippen LogP) is -3.00. The van der Waals surface area contributed by atoms with Crippen LogP contribution in [0, 0.1) is 46.3 Å². The summed E-state index contributed by atoms with van der Waals surface area (Å²) < 4.78 is 46.8. The summed E-state index contributed by atoms with van der Waals surface area (Å²) in [4.78, 5) is 28.0. The van der Waals surface area contributed by atoms with Crippen LogP contribution in [-0.4, -0.2) is 227 Å². The monoisotopic (exact) mass is 1050 g/mol. The van der Waals surface area contributed by atoms with Gasteiger partial charge in [0.05, 0.1) is 32.0 Å². The lowest BCUT2D eigenvalue weighted by Crippen LogP contribution is -2.66. The molecule has 8 aliphatic rings. The van der Waals surface area contributed by atoms with Gasteiger partial charge in [-0.15, -0.1) is 0 Å². The van der Waals surface area contributed by atoms with Crippen LogP contribution in [0.15, 0.2) is 11.6 Å². The summed E-state index contributed by atoms with van der Waals surface area (Å²) in [6, 6.07) is 0. The molecule has 23 heteroatoms. The third kappa shape index (κ3) is 10.9. The highest BCUT2D eigenvalue weighted by Gasteiger charge is 2.63. The zero-order valence-corrected chi connectivity index (χ0v) is 42.0. The van der Waals surface area contributed by atoms with Crippen LogP contribution in [0.3, 0.4) is 0 Å². The Labute approximate surface area is 423 Å². The van der Waals surface area contributed by atoms with Crippen molar-refractivity contribution < 1.29 is 114 Å². The first-order chi connectivity index (χ1) is 34.4. The van der Waals surface area contributed by atoms with Crippen LogP contribution in [0.25, 0.3) is 0 Å². The Morgan fingerprint density at radius 2 is 1.29 bits per heavy atom. The molecule has 7 fully saturated rings. The van der Waals surface area contributed by atoms with Crippen LogP contribution in [0.5, 0.6) is 0 Å². The maximum Gasteiger partial charge on any atom is 0.189 e. The van der Waals surface area contributed by atoms with E-state index in [0.29, 0.717) is 38.5 Å². The van der Waals surface area contributed by atoms with Gasteiger partial charge in [0.25, 0.3) is 0 Å². The second-order valence-corrected chi connectivity index (χ2v) is 22.8. The summed E-state index contributed by atoms with van der Waals surface area (Å²) in [5, 5.41) is 136. The topological polar surface area (TPSA) is 371 Å². The molecule has 0 spiro atoms. The van der Waals surface area contributed by atoms with Crippen LogP contribution in [0.1, 0.15) is 92.4 Å². The molecule has 0 aromatic rings. The predicted molar refractivity (Wildman–Crippen MR) is 245 cm³/mol. The van der Waals surface area contributed by atoms with E-state index in [2.05, 4.69) is 19.9 Å². The van der Waals surface area contributed by atoms with Crippen LogP contribution < -0.4 is 0 Å². The lowest BCUT2D eigenvalue weighted by Gasteiger charge is -2.58. The van der Waals surface area contributed by atoms with E-state index in [-0.39, 0.29) is 53.7 Å². The average molecular weight is 1050 g/mol. The zero-order valence-electron chi connectivity index (χ0n) is 42.0. The van der Waals surface area contributed by atoms with Gasteiger partial charge in [0, 0.05) is 24.7 Å². The lowest BCUT2D eigenvalue weighted by atomic mass is 9.47. The van der Waals surface area contributed by atoms with Gasteiger partial charge in [0.1, 0.15) is 97.0 Å². The quantitative estimate of drug-likeness (QED) is 0.0685. The highest BCUT2D eigenvalue weighted by molar-refractivity contribution is 5.92. The van der Waals surface area contributed by atoms with Gasteiger partial charge in [-0.25, -0.2) is 0 Å². The number of carbonyl (C=O) groups excluding carboxylic acids is 2. The molecule has 4 heterocycles. The maximum atomic E-state index is 14.1. The van der Waals surface area contributed by atoms with E-state index in [4.69, 9.17) is 37.9 Å². The molecular weight excluding hydrogens is 969 g/mol. The third-order valence-electron chi connectivity index (χ3n) is 18.3. The van der Waals surface area contributed by atoms with Crippen molar-refractivity contribution in [1.29, 1.82) is 0 Å². The Morgan fingerprint density at radius 1 is 0.671 bits per heavy atom. The smallest absolute Gasteiger partial charge is 0.189 e. The first-order valence-electron chi connectivity index (χ1n) is 26.1. The number of rotatable bonds is 16. The normalized spacial score (nSPS) is 51.1. The van der Waals surface area contributed by atoms with Crippen LogP contribution in [0.2, 0.25) is 0 Å². The van der Waals surface area contributed by atoms with Gasteiger partial charge in [0.2, 0.25) is 0 Å². The molecular formula is C50H80O23. The van der Waals surface area contributed by atoms with Gasteiger partial charge in [-0.3, -0.25) is 9.59 Å². The first-order valence-corrected chi connectivity index (χ1v) is 26.1. The zero-order chi connectivity index (χ0) is 53.2. The number of carbonyl (C=O) groups is 2. The van der Waals surface area contributed by atoms with Crippen molar-refractivity contribution in [2.75, 3.05) is 19.8 Å². The van der Waals surface area contributed by atoms with Gasteiger partial charge >= 0.3 is 0 Å². The van der Waals surface area contributed by atoms with Crippen LogP contribution in [0.4, 0.5) is 0 Å². The number of hydrogen-bond acceptors (Lipinski definition) is 23. The van der Waals surface area contributed by atoms with Gasteiger partial charge in [0.15, 0.2) is 31.5 Å². The second-order valence-electron chi connectivity index (χ2n) is 22.8. The average Bonchev–Trinajstić information content (AvgIpc) is 3.64. The van der Waals surface area contributed by atoms with Crippen molar-refractivity contribution in [2.24, 2.45) is 46.3 Å². The summed E-state index contributed by atoms with van der Waals surface area (Å²) in [6.07, 6.45) is -25.3. The molecule has 23 nitrogen and oxygen atoms in total. The molecule has 0 amide bonds. The van der Waals surface area contributed by atoms with Crippen molar-refractivity contribution >= 4 is 11.6 Å². The molecule has 4 aliphatic carbocycles. The molecule has 0 radical (unpaired) electrons. The lowest BCUT2D eigenvalue weighted by molar-refractivity contribution is -0.400. The molecule has 3 saturated carbocycles. The standard InChI is InChI=1S/C50H80O23/c1-19(18-66-45-38(61)35(58)33(56)29(16-51)69-45)6-9-27(53)20(2)31-28(54)15-26-24-8-7-22-14-23(10-12-49(22,4)25(24)11-13-50(26,31)5)68-48-43(72-47-40(63)36(59)37(60)44(65)73-47)41(64)42(30(17-52)70-48)71-46-39(62)34(57)32(55)21(3)67-46/h7,19-21,23-26,29-48,51-52,55-65H,6,8-18H2,1-5H3. The summed E-state index contributed by atoms with van der Waals surface area (Å²) in [5.74, 6) is -0.557. The van der Waals surface area contributed by atoms with Crippen molar-refractivity contribution in [3.8, 4) is 0 Å². The minimum atomic E-state index is -2.00. The number of Topliss-reactive ketones (excluding diaryl/α,β-unsaturated/α-hetero) is 2. The van der Waals surface area contributed by atoms with Crippen LogP contribution >= 0.6 is 0 Å². The molecule has 29 atom stereocenters. The van der Waals surface area contributed by atoms with E-state index in [1.165, 1.54) is 6.92 Å². The van der Waals surface area contributed by atoms with Gasteiger partial charge < -0.3 is 104 Å². The van der Waals surface area contributed by atoms with E-state index in [0.717, 1.165) is 18.4 Å². The Kier molecular flexibility index (Phi) is 18.0. The fraction of sp³-hybridized carbons (Fsp3) is 0.920. The molecule has 0 aromatic carbocycles. The van der Waals surface area contributed by atoms with E-state index in [1.807, 2.05) is 13.8 Å². The molecule has 13 N–H and O–H groups in total. The number of allylic oxidation sites excluding steroid dienone is 1. The van der Waals surface area contributed by atoms with Crippen molar-refractivity contribution in [3.05, 3.63) is 11.6 Å². The minimum absolute atomic E-state index is 0.0164. The molecule has 29 unspecified atom stereocenters. The highest BCUT2D eigenvalue weighted by atomic mass is 16.8. The summed E-state index contributed by atoms with van der Waals surface area (Å²) in [7, 11) is 0. The number of ketones is 2. The van der Waals surface area contributed by atoms with Crippen molar-refractivity contribution in [2.45, 2.75) is 222 Å². The summed E-state index contributed by atoms with van der Waals surface area (Å²) in [5.41, 5.74) is 0.493. The fourth-order valence-corrected chi connectivity index (χ4v) is 13.8. The van der Waals surface area contributed by atoms with Crippen LogP contribution in [-0.2, 0) is 47.5 Å². The number of fused-ring (bicyclic) bond motifs is 5. The number of hydrogen-bond donors (Lipinski definition) is 13. The molecule has 418 valence electrons. The summed E-state index contributed by atoms with van der Waals surface area (Å²) in [6.45, 7) is 8.34. The van der Waals surface area contributed by atoms with Gasteiger partial charge in [-0.1, -0.05) is 39.3 Å². The number of ether oxygens (including phenoxy) is 8. The maximum absolute atomic E-state index is 14.1. The molecule has 8 rings (SSSR count). The van der Waals surface area contributed by atoms with E-state index in [1.54, 1.807) is 0 Å². The number of aliphatic hydroxyl groups is 13. The Bertz CT molecular complexity index is 1930. The largest absolute Gasteiger partial charge is 0.394 e. The van der Waals surface area contributed by atoms with E-state index >= 15 is 0 Å². The third-order valence-corrected chi connectivity index (χ3v) is 18.3. The Balaban J connectivity index is 0.916. The molecule has 4 aliphatic heterocycles. The second kappa shape index (κ2) is 22.9. The highest BCUT2D eigenvalue weighted by Crippen LogP contribution is 2.66. The van der Waals surface area contributed by atoms with E-state index in [9.17, 15) is 76.0 Å². The first kappa shape index (κ1) is 57.4. The summed E-state index contributed by atoms with van der Waals surface area (Å²) >= 11 is 0. The van der Waals surface area contributed by atoms with Crippen molar-refractivity contribution in [3.63, 3.8) is 0 Å². The number of aliphatic hydroxyl groups excluding tert-OH is 13. The fourth-order valence-electron chi connectivity index (χ4n) is 13.8. The Morgan fingerprint density at radius 3 is 1.97 bits per heavy atom. The van der Waals surface area contributed by atoms with E-state index < -0.39 is 160 Å². The molecule has 73 heavy (non-hydrogen) atoms. The minimum Gasteiger partial charge on any atom is -0.394 e.